The summed E-state index contributed by atoms with van der Waals surface area (Å²) in [5.74, 6) is -0.804. The SMILES string of the molecule is O=S(=O)(Cl)C(c1cc(Br)c(Br)o1)C(F)(F)F. The summed E-state index contributed by atoms with van der Waals surface area (Å²) in [5.41, 5.74) is 0. The lowest BCUT2D eigenvalue weighted by molar-refractivity contribution is -0.134. The average molecular weight is 406 g/mol. The third-order valence-electron chi connectivity index (χ3n) is 1.50. The van der Waals surface area contributed by atoms with Gasteiger partial charge in [-0.15, -0.1) is 0 Å². The highest BCUT2D eigenvalue weighted by Crippen LogP contribution is 2.43. The second kappa shape index (κ2) is 4.51. The summed E-state index contributed by atoms with van der Waals surface area (Å²) in [7, 11) is -0.126. The molecule has 0 spiro atoms. The molecule has 0 saturated carbocycles. The van der Waals surface area contributed by atoms with Crippen molar-refractivity contribution in [1.29, 1.82) is 0 Å². The topological polar surface area (TPSA) is 47.3 Å². The molecule has 0 fully saturated rings. The van der Waals surface area contributed by atoms with Crippen molar-refractivity contribution in [1.82, 2.24) is 0 Å². The van der Waals surface area contributed by atoms with Gasteiger partial charge in [-0.2, -0.15) is 13.2 Å². The Morgan fingerprint density at radius 1 is 1.38 bits per heavy atom. The maximum absolute atomic E-state index is 12.5. The van der Waals surface area contributed by atoms with Crippen LogP contribution in [0.4, 0.5) is 13.2 Å². The molecule has 10 heteroatoms. The van der Waals surface area contributed by atoms with Crippen molar-refractivity contribution >= 4 is 51.6 Å². The molecule has 0 aromatic carbocycles. The van der Waals surface area contributed by atoms with Crippen LogP contribution >= 0.6 is 42.5 Å². The molecular weight excluding hydrogens is 404 g/mol. The third-order valence-corrected chi connectivity index (χ3v) is 4.81. The first-order chi connectivity index (χ1) is 7.03. The Kier molecular flexibility index (Phi) is 4.04. The maximum atomic E-state index is 12.5. The predicted molar refractivity (Wildman–Crippen MR) is 57.7 cm³/mol. The Labute approximate surface area is 110 Å². The van der Waals surface area contributed by atoms with Crippen molar-refractivity contribution in [3.63, 3.8) is 0 Å². The molecule has 0 aliphatic rings. The Morgan fingerprint density at radius 2 is 1.88 bits per heavy atom. The van der Waals surface area contributed by atoms with Crippen LogP contribution < -0.4 is 0 Å². The fraction of sp³-hybridized carbons (Fsp3) is 0.333. The minimum Gasteiger partial charge on any atom is -0.451 e. The predicted octanol–water partition coefficient (Wildman–Crippen LogP) is 3.98. The quantitative estimate of drug-likeness (QED) is 0.698. The molecule has 1 heterocycles. The van der Waals surface area contributed by atoms with E-state index in [0.717, 1.165) is 6.07 Å². The number of alkyl halides is 3. The van der Waals surface area contributed by atoms with E-state index < -0.39 is 26.2 Å². The van der Waals surface area contributed by atoms with Crippen LogP contribution in [0, 0.1) is 0 Å². The molecule has 0 aliphatic carbocycles. The van der Waals surface area contributed by atoms with Crippen LogP contribution in [0.5, 0.6) is 0 Å². The zero-order valence-corrected chi connectivity index (χ0v) is 11.8. The number of halogens is 6. The van der Waals surface area contributed by atoms with Crippen molar-refractivity contribution in [2.24, 2.45) is 0 Å². The van der Waals surface area contributed by atoms with Gasteiger partial charge in [0.25, 0.3) is 9.05 Å². The zero-order valence-electron chi connectivity index (χ0n) is 7.06. The van der Waals surface area contributed by atoms with E-state index in [1.165, 1.54) is 0 Å². The third kappa shape index (κ3) is 3.14. The Bertz CT molecular complexity index is 476. The molecule has 1 atom stereocenters. The van der Waals surface area contributed by atoms with Gasteiger partial charge in [0, 0.05) is 10.7 Å². The summed E-state index contributed by atoms with van der Waals surface area (Å²) in [5, 5.41) is -2.88. The first-order valence-corrected chi connectivity index (χ1v) is 7.44. The summed E-state index contributed by atoms with van der Waals surface area (Å²) in [6.45, 7) is 0. The molecule has 3 nitrogen and oxygen atoms in total. The van der Waals surface area contributed by atoms with Gasteiger partial charge in [-0.3, -0.25) is 0 Å². The number of furan rings is 1. The number of hydrogen-bond acceptors (Lipinski definition) is 3. The highest BCUT2D eigenvalue weighted by molar-refractivity contribution is 9.13. The molecule has 0 aliphatic heterocycles. The largest absolute Gasteiger partial charge is 0.451 e. The van der Waals surface area contributed by atoms with Crippen LogP contribution in [0.3, 0.4) is 0 Å². The van der Waals surface area contributed by atoms with E-state index in [0.29, 0.717) is 0 Å². The van der Waals surface area contributed by atoms with Gasteiger partial charge < -0.3 is 4.42 Å². The molecule has 1 rings (SSSR count). The molecule has 92 valence electrons. The normalized spacial score (nSPS) is 15.1. The molecule has 0 N–H and O–H groups in total. The standard InChI is InChI=1S/C6H2Br2ClF3O3S/c7-2-1-3(15-5(2)8)4(6(10,11)12)16(9,13)14/h1,4H. The van der Waals surface area contributed by atoms with E-state index in [2.05, 4.69) is 36.3 Å². The Balaban J connectivity index is 3.34. The molecule has 0 bridgehead atoms. The first kappa shape index (κ1) is 14.3. The summed E-state index contributed by atoms with van der Waals surface area (Å²) >= 11 is 5.67. The van der Waals surface area contributed by atoms with E-state index in [1.54, 1.807) is 0 Å². The summed E-state index contributed by atoms with van der Waals surface area (Å²) in [4.78, 5) is 0. The molecule has 0 saturated heterocycles. The van der Waals surface area contributed by atoms with E-state index >= 15 is 0 Å². The van der Waals surface area contributed by atoms with Gasteiger partial charge in [0.05, 0.1) is 4.47 Å². The lowest BCUT2D eigenvalue weighted by atomic mass is 10.3. The van der Waals surface area contributed by atoms with Crippen molar-refractivity contribution in [3.05, 3.63) is 21.0 Å². The minimum atomic E-state index is -5.04. The van der Waals surface area contributed by atoms with Crippen molar-refractivity contribution < 1.29 is 26.0 Å². The van der Waals surface area contributed by atoms with Gasteiger partial charge in [0.15, 0.2) is 4.67 Å². The smallest absolute Gasteiger partial charge is 0.413 e. The Morgan fingerprint density at radius 3 is 2.12 bits per heavy atom. The fourth-order valence-electron chi connectivity index (χ4n) is 0.952. The molecule has 0 radical (unpaired) electrons. The molecule has 1 aromatic heterocycles. The zero-order chi connectivity index (χ0) is 12.7. The second-order valence-corrected chi connectivity index (χ2v) is 6.96. The monoisotopic (exact) mass is 404 g/mol. The van der Waals surface area contributed by atoms with E-state index in [1.807, 2.05) is 0 Å². The average Bonchev–Trinajstić information content (AvgIpc) is 2.24. The van der Waals surface area contributed by atoms with Gasteiger partial charge in [0.2, 0.25) is 5.25 Å². The van der Waals surface area contributed by atoms with E-state index in [4.69, 9.17) is 10.7 Å². The van der Waals surface area contributed by atoms with Crippen molar-refractivity contribution in [3.8, 4) is 0 Å². The lowest BCUT2D eigenvalue weighted by Gasteiger charge is -2.14. The van der Waals surface area contributed by atoms with Crippen molar-refractivity contribution in [2.45, 2.75) is 11.4 Å². The van der Waals surface area contributed by atoms with Gasteiger partial charge >= 0.3 is 6.18 Å². The lowest BCUT2D eigenvalue weighted by Crippen LogP contribution is -2.25. The second-order valence-electron chi connectivity index (χ2n) is 2.67. The van der Waals surface area contributed by atoms with Crippen molar-refractivity contribution in [2.75, 3.05) is 0 Å². The van der Waals surface area contributed by atoms with Crippen LogP contribution in [0.2, 0.25) is 0 Å². The molecule has 16 heavy (non-hydrogen) atoms. The number of hydrogen-bond donors (Lipinski definition) is 0. The van der Waals surface area contributed by atoms with Crippen LogP contribution in [-0.4, -0.2) is 14.6 Å². The first-order valence-electron chi connectivity index (χ1n) is 3.48. The van der Waals surface area contributed by atoms with Crippen LogP contribution in [0.15, 0.2) is 19.6 Å². The summed E-state index contributed by atoms with van der Waals surface area (Å²) < 4.78 is 63.9. The van der Waals surface area contributed by atoms with Gasteiger partial charge in [0.1, 0.15) is 5.76 Å². The minimum absolute atomic E-state index is 0.0444. The van der Waals surface area contributed by atoms with E-state index in [9.17, 15) is 21.6 Å². The molecule has 1 unspecified atom stereocenters. The molecule has 1 aromatic rings. The summed E-state index contributed by atoms with van der Waals surface area (Å²) in [6, 6.07) is 0.891. The van der Waals surface area contributed by atoms with Gasteiger partial charge in [-0.25, -0.2) is 8.42 Å². The van der Waals surface area contributed by atoms with E-state index in [-0.39, 0.29) is 9.14 Å². The summed E-state index contributed by atoms with van der Waals surface area (Å²) in [6.07, 6.45) is -5.04. The fourth-order valence-corrected chi connectivity index (χ4v) is 2.84. The van der Waals surface area contributed by atoms with Gasteiger partial charge in [-0.05, 0) is 37.9 Å². The highest BCUT2D eigenvalue weighted by atomic mass is 79.9. The van der Waals surface area contributed by atoms with Crippen LogP contribution in [-0.2, 0) is 9.05 Å². The Hall–Kier alpha value is 0.270. The maximum Gasteiger partial charge on any atom is 0.413 e. The van der Waals surface area contributed by atoms with Crippen LogP contribution in [0.1, 0.15) is 11.0 Å². The number of rotatable bonds is 2. The highest BCUT2D eigenvalue weighted by Gasteiger charge is 2.51. The van der Waals surface area contributed by atoms with Gasteiger partial charge in [-0.1, -0.05) is 0 Å². The molecular formula is C6H2Br2ClF3O3S. The molecule has 0 amide bonds. The van der Waals surface area contributed by atoms with Crippen LogP contribution in [0.25, 0.3) is 0 Å².